The number of fused-ring (bicyclic) bond motifs is 1. The number of carbonyl (C=O) groups is 2. The van der Waals surface area contributed by atoms with Gasteiger partial charge >= 0.3 is 6.09 Å². The molecule has 3 rings (SSSR count). The zero-order valence-electron chi connectivity index (χ0n) is 17.7. The second-order valence-electron chi connectivity index (χ2n) is 8.03. The maximum absolute atomic E-state index is 11.8. The molecule has 0 unspecified atom stereocenters. The Balaban J connectivity index is 2.06. The molecular formula is C23H25N3O4. The van der Waals surface area contributed by atoms with Crippen molar-refractivity contribution >= 4 is 34.3 Å². The van der Waals surface area contributed by atoms with Crippen LogP contribution in [0.15, 0.2) is 48.7 Å². The summed E-state index contributed by atoms with van der Waals surface area (Å²) in [5.74, 6) is 0.917. The number of amides is 2. The summed E-state index contributed by atoms with van der Waals surface area (Å²) in [4.78, 5) is 29.0. The zero-order valence-corrected chi connectivity index (χ0v) is 17.7. The largest absolute Gasteiger partial charge is 0.465 e. The van der Waals surface area contributed by atoms with E-state index >= 15 is 0 Å². The Labute approximate surface area is 175 Å². The smallest absolute Gasteiger partial charge is 0.412 e. The van der Waals surface area contributed by atoms with E-state index in [4.69, 9.17) is 4.74 Å². The lowest BCUT2D eigenvalue weighted by atomic mass is 10.0. The molecule has 2 amide bonds. The van der Waals surface area contributed by atoms with Crippen molar-refractivity contribution in [3.8, 4) is 11.5 Å². The fraction of sp³-hybridized carbons (Fsp3) is 0.261. The van der Waals surface area contributed by atoms with E-state index < -0.39 is 11.6 Å². The van der Waals surface area contributed by atoms with E-state index in [1.54, 1.807) is 30.5 Å². The molecular weight excluding hydrogens is 382 g/mol. The molecule has 30 heavy (non-hydrogen) atoms. The van der Waals surface area contributed by atoms with Gasteiger partial charge in [0.25, 0.3) is 0 Å². The quantitative estimate of drug-likeness (QED) is 0.589. The number of benzene rings is 2. The SMILES string of the molecule is CC(=O)Nc1cccc2c(Oc3cc(N(C(=O)O)C(C)(C)C)ccc3C)ccnc12. The van der Waals surface area contributed by atoms with Crippen molar-refractivity contribution in [2.75, 3.05) is 10.2 Å². The number of nitrogens with one attached hydrogen (secondary N) is 1. The Hall–Kier alpha value is -3.61. The number of para-hydroxylation sites is 1. The van der Waals surface area contributed by atoms with E-state index in [1.165, 1.54) is 11.8 Å². The maximum Gasteiger partial charge on any atom is 0.412 e. The second kappa shape index (κ2) is 8.02. The lowest BCUT2D eigenvalue weighted by Crippen LogP contribution is -2.45. The van der Waals surface area contributed by atoms with Crippen LogP contribution in [0.25, 0.3) is 10.9 Å². The molecule has 0 spiro atoms. The van der Waals surface area contributed by atoms with Crippen LogP contribution >= 0.6 is 0 Å². The minimum absolute atomic E-state index is 0.185. The van der Waals surface area contributed by atoms with Crippen LogP contribution in [0, 0.1) is 6.92 Å². The zero-order chi connectivity index (χ0) is 22.1. The van der Waals surface area contributed by atoms with Crippen molar-refractivity contribution in [2.24, 2.45) is 0 Å². The topological polar surface area (TPSA) is 91.8 Å². The lowest BCUT2D eigenvalue weighted by molar-refractivity contribution is -0.114. The van der Waals surface area contributed by atoms with Crippen LogP contribution in [0.2, 0.25) is 0 Å². The number of aromatic nitrogens is 1. The Morgan fingerprint density at radius 2 is 1.83 bits per heavy atom. The van der Waals surface area contributed by atoms with Gasteiger partial charge in [-0.3, -0.25) is 14.7 Å². The van der Waals surface area contributed by atoms with Gasteiger partial charge in [-0.2, -0.15) is 0 Å². The van der Waals surface area contributed by atoms with Gasteiger partial charge in [0.05, 0.1) is 16.9 Å². The molecule has 0 saturated heterocycles. The van der Waals surface area contributed by atoms with Crippen LogP contribution < -0.4 is 15.0 Å². The molecule has 1 aromatic heterocycles. The Morgan fingerprint density at radius 3 is 2.47 bits per heavy atom. The van der Waals surface area contributed by atoms with Crippen molar-refractivity contribution in [2.45, 2.75) is 40.2 Å². The molecule has 7 heteroatoms. The van der Waals surface area contributed by atoms with Gasteiger partial charge in [0.15, 0.2) is 0 Å². The first-order valence-electron chi connectivity index (χ1n) is 9.55. The van der Waals surface area contributed by atoms with Crippen LogP contribution in [-0.2, 0) is 4.79 Å². The number of rotatable bonds is 4. The summed E-state index contributed by atoms with van der Waals surface area (Å²) in [7, 11) is 0. The summed E-state index contributed by atoms with van der Waals surface area (Å²) >= 11 is 0. The standard InChI is InChI=1S/C23H25N3O4/c1-14-9-10-16(26(22(28)29)23(3,4)5)13-20(14)30-19-11-12-24-21-17(19)7-6-8-18(21)25-15(2)27/h6-13H,1-5H3,(H,25,27)(H,28,29). The molecule has 7 nitrogen and oxygen atoms in total. The molecule has 0 saturated carbocycles. The molecule has 0 aliphatic carbocycles. The van der Waals surface area contributed by atoms with Gasteiger partial charge < -0.3 is 15.2 Å². The minimum atomic E-state index is -1.04. The van der Waals surface area contributed by atoms with Gasteiger partial charge in [-0.15, -0.1) is 0 Å². The second-order valence-corrected chi connectivity index (χ2v) is 8.03. The van der Waals surface area contributed by atoms with Gasteiger partial charge in [-0.05, 0) is 57.5 Å². The van der Waals surface area contributed by atoms with E-state index in [1.807, 2.05) is 45.9 Å². The normalized spacial score (nSPS) is 11.2. The maximum atomic E-state index is 11.8. The van der Waals surface area contributed by atoms with Gasteiger partial charge in [-0.1, -0.05) is 12.1 Å². The Morgan fingerprint density at radius 1 is 1.10 bits per heavy atom. The van der Waals surface area contributed by atoms with Crippen LogP contribution in [0.5, 0.6) is 11.5 Å². The highest BCUT2D eigenvalue weighted by molar-refractivity contribution is 6.01. The highest BCUT2D eigenvalue weighted by atomic mass is 16.5. The monoisotopic (exact) mass is 407 g/mol. The predicted octanol–water partition coefficient (Wildman–Crippen LogP) is 5.58. The fourth-order valence-corrected chi connectivity index (χ4v) is 3.27. The number of anilines is 2. The lowest BCUT2D eigenvalue weighted by Gasteiger charge is -2.33. The van der Waals surface area contributed by atoms with Crippen LogP contribution in [0.4, 0.5) is 16.2 Å². The van der Waals surface area contributed by atoms with Gasteiger partial charge in [0.1, 0.15) is 11.5 Å². The number of nitrogens with zero attached hydrogens (tertiary/aromatic N) is 2. The summed E-state index contributed by atoms with van der Waals surface area (Å²) < 4.78 is 6.19. The third-order valence-electron chi connectivity index (χ3n) is 4.55. The fourth-order valence-electron chi connectivity index (χ4n) is 3.27. The summed E-state index contributed by atoms with van der Waals surface area (Å²) in [6.07, 6.45) is 0.576. The van der Waals surface area contributed by atoms with E-state index in [2.05, 4.69) is 10.3 Å². The first-order valence-corrected chi connectivity index (χ1v) is 9.55. The number of aryl methyl sites for hydroxylation is 1. The predicted molar refractivity (Wildman–Crippen MR) is 118 cm³/mol. The molecule has 2 N–H and O–H groups in total. The molecule has 1 heterocycles. The van der Waals surface area contributed by atoms with E-state index in [-0.39, 0.29) is 5.91 Å². The van der Waals surface area contributed by atoms with Crippen molar-refractivity contribution in [3.05, 3.63) is 54.2 Å². The number of hydrogen-bond acceptors (Lipinski definition) is 4. The highest BCUT2D eigenvalue weighted by Crippen LogP contribution is 2.36. The van der Waals surface area contributed by atoms with Crippen molar-refractivity contribution in [1.29, 1.82) is 0 Å². The molecule has 0 radical (unpaired) electrons. The minimum Gasteiger partial charge on any atom is -0.465 e. The van der Waals surface area contributed by atoms with Crippen molar-refractivity contribution in [1.82, 2.24) is 4.98 Å². The molecule has 0 bridgehead atoms. The van der Waals surface area contributed by atoms with Crippen molar-refractivity contribution < 1.29 is 19.4 Å². The Kier molecular flexibility index (Phi) is 5.64. The third-order valence-corrected chi connectivity index (χ3v) is 4.55. The Bertz CT molecular complexity index is 1120. The summed E-state index contributed by atoms with van der Waals surface area (Å²) in [6, 6.07) is 12.5. The molecule has 156 valence electrons. The van der Waals surface area contributed by atoms with Crippen LogP contribution in [0.3, 0.4) is 0 Å². The number of carbonyl (C=O) groups excluding carboxylic acids is 1. The first kappa shape index (κ1) is 21.1. The summed E-state index contributed by atoms with van der Waals surface area (Å²) in [6.45, 7) is 8.84. The van der Waals surface area contributed by atoms with E-state index in [0.717, 1.165) is 10.9 Å². The number of carboxylic acid groups (broad SMARTS) is 1. The van der Waals surface area contributed by atoms with Crippen LogP contribution in [-0.4, -0.2) is 27.6 Å². The first-order chi connectivity index (χ1) is 14.1. The average Bonchev–Trinajstić information content (AvgIpc) is 2.63. The van der Waals surface area contributed by atoms with Crippen molar-refractivity contribution in [3.63, 3.8) is 0 Å². The number of hydrogen-bond donors (Lipinski definition) is 2. The molecule has 0 atom stereocenters. The van der Waals surface area contributed by atoms with E-state index in [0.29, 0.717) is 28.4 Å². The van der Waals surface area contributed by atoms with E-state index in [9.17, 15) is 14.7 Å². The molecule has 2 aromatic carbocycles. The number of pyridine rings is 1. The van der Waals surface area contributed by atoms with Gasteiger partial charge in [-0.25, -0.2) is 4.79 Å². The summed E-state index contributed by atoms with van der Waals surface area (Å²) in [5, 5.41) is 13.2. The average molecular weight is 407 g/mol. The molecule has 0 fully saturated rings. The molecule has 0 aliphatic heterocycles. The third kappa shape index (κ3) is 4.35. The highest BCUT2D eigenvalue weighted by Gasteiger charge is 2.28. The summed E-state index contributed by atoms with van der Waals surface area (Å²) in [5.41, 5.74) is 1.98. The van der Waals surface area contributed by atoms with Gasteiger partial charge in [0, 0.05) is 30.1 Å². The van der Waals surface area contributed by atoms with Gasteiger partial charge in [0.2, 0.25) is 5.91 Å². The molecule has 0 aliphatic rings. The van der Waals surface area contributed by atoms with Crippen LogP contribution in [0.1, 0.15) is 33.3 Å². The number of ether oxygens (including phenoxy) is 1. The molecule has 3 aromatic rings.